The lowest BCUT2D eigenvalue weighted by atomic mass is 9.88. The molecule has 0 bridgehead atoms. The van der Waals surface area contributed by atoms with Crippen molar-refractivity contribution in [2.24, 2.45) is 11.8 Å². The van der Waals surface area contributed by atoms with E-state index in [1.54, 1.807) is 37.1 Å². The summed E-state index contributed by atoms with van der Waals surface area (Å²) in [6, 6.07) is 9.74. The van der Waals surface area contributed by atoms with Gasteiger partial charge in [-0.3, -0.25) is 9.59 Å². The third-order valence-corrected chi connectivity index (χ3v) is 7.82. The van der Waals surface area contributed by atoms with Crippen molar-refractivity contribution in [2.45, 2.75) is 58.1 Å². The second-order valence-electron chi connectivity index (χ2n) is 10.9. The number of anilines is 2. The molecular formula is C30H39FN4O5. The normalized spacial score (nSPS) is 20.4. The molecule has 2 aromatic carbocycles. The number of amides is 4. The number of aliphatic hydroxyl groups excluding tert-OH is 1. The molecule has 1 heterocycles. The molecule has 3 N–H and O–H groups in total. The number of nitrogens with zero attached hydrogens (tertiary/aromatic N) is 2. The Hall–Kier alpha value is -3.66. The van der Waals surface area contributed by atoms with Crippen LogP contribution in [-0.2, 0) is 4.79 Å². The van der Waals surface area contributed by atoms with Crippen LogP contribution in [0.15, 0.2) is 42.5 Å². The number of carbonyl (C=O) groups excluding carboxylic acids is 3. The van der Waals surface area contributed by atoms with Crippen LogP contribution in [0.2, 0.25) is 0 Å². The van der Waals surface area contributed by atoms with E-state index >= 15 is 0 Å². The average Bonchev–Trinajstić information content (AvgIpc) is 2.96. The van der Waals surface area contributed by atoms with Crippen molar-refractivity contribution in [1.29, 1.82) is 0 Å². The summed E-state index contributed by atoms with van der Waals surface area (Å²) in [4.78, 5) is 42.8. The summed E-state index contributed by atoms with van der Waals surface area (Å²) in [5, 5.41) is 15.6. The number of ether oxygens (including phenoxy) is 1. The van der Waals surface area contributed by atoms with Gasteiger partial charge < -0.3 is 30.3 Å². The van der Waals surface area contributed by atoms with Crippen molar-refractivity contribution >= 4 is 29.2 Å². The molecule has 40 heavy (non-hydrogen) atoms. The highest BCUT2D eigenvalue weighted by Gasteiger charge is 2.35. The SMILES string of the molecule is C[C@@H]1CN([C@H](C)CO)C(=O)c2cccc(NC(=O)C3CCCCC3)c2O[C@H]1CN(C)C(=O)Nc1ccc(F)cc1. The van der Waals surface area contributed by atoms with Gasteiger partial charge in [0, 0.05) is 31.1 Å². The van der Waals surface area contributed by atoms with Crippen LogP contribution in [0.3, 0.4) is 0 Å². The first-order valence-corrected chi connectivity index (χ1v) is 14.0. The van der Waals surface area contributed by atoms with Gasteiger partial charge in [-0.25, -0.2) is 9.18 Å². The largest absolute Gasteiger partial charge is 0.485 e. The lowest BCUT2D eigenvalue weighted by molar-refractivity contribution is -0.120. The monoisotopic (exact) mass is 554 g/mol. The van der Waals surface area contributed by atoms with Crippen molar-refractivity contribution in [3.8, 4) is 5.75 Å². The van der Waals surface area contributed by atoms with E-state index in [4.69, 9.17) is 4.74 Å². The van der Waals surface area contributed by atoms with Crippen molar-refractivity contribution in [3.63, 3.8) is 0 Å². The van der Waals surface area contributed by atoms with Gasteiger partial charge in [0.25, 0.3) is 5.91 Å². The van der Waals surface area contributed by atoms with E-state index in [2.05, 4.69) is 10.6 Å². The molecule has 0 aromatic heterocycles. The molecule has 1 saturated carbocycles. The van der Waals surface area contributed by atoms with E-state index in [0.717, 1.165) is 32.1 Å². The first-order chi connectivity index (χ1) is 19.2. The quantitative estimate of drug-likeness (QED) is 0.458. The van der Waals surface area contributed by atoms with E-state index in [-0.39, 0.29) is 48.1 Å². The minimum absolute atomic E-state index is 0.0872. The molecular weight excluding hydrogens is 515 g/mol. The predicted molar refractivity (Wildman–Crippen MR) is 151 cm³/mol. The minimum atomic E-state index is -0.544. The fourth-order valence-electron chi connectivity index (χ4n) is 5.26. The van der Waals surface area contributed by atoms with Gasteiger partial charge in [0.1, 0.15) is 11.9 Å². The highest BCUT2D eigenvalue weighted by Crippen LogP contribution is 2.36. The maximum absolute atomic E-state index is 13.7. The van der Waals surface area contributed by atoms with Crippen molar-refractivity contribution < 1.29 is 28.6 Å². The molecule has 2 aromatic rings. The number of aliphatic hydroxyl groups is 1. The number of likely N-dealkylation sites (N-methyl/N-ethyl adjacent to an activating group) is 1. The van der Waals surface area contributed by atoms with Gasteiger partial charge in [-0.1, -0.05) is 32.3 Å². The van der Waals surface area contributed by atoms with Crippen LogP contribution >= 0.6 is 0 Å². The number of hydrogen-bond acceptors (Lipinski definition) is 5. The topological polar surface area (TPSA) is 111 Å². The van der Waals surface area contributed by atoms with Gasteiger partial charge in [0.2, 0.25) is 5.91 Å². The first kappa shape index (κ1) is 29.3. The molecule has 1 aliphatic carbocycles. The lowest BCUT2D eigenvalue weighted by Crippen LogP contribution is -2.50. The molecule has 0 unspecified atom stereocenters. The Morgan fingerprint density at radius 3 is 2.50 bits per heavy atom. The number of benzene rings is 2. The van der Waals surface area contributed by atoms with Crippen molar-refractivity contribution in [1.82, 2.24) is 9.80 Å². The van der Waals surface area contributed by atoms with Gasteiger partial charge in [-0.2, -0.15) is 0 Å². The van der Waals surface area contributed by atoms with E-state index in [1.807, 2.05) is 6.92 Å². The van der Waals surface area contributed by atoms with Crippen LogP contribution in [0, 0.1) is 17.7 Å². The van der Waals surface area contributed by atoms with Gasteiger partial charge in [-0.05, 0) is 56.2 Å². The Kier molecular flexibility index (Phi) is 9.63. The molecule has 10 heteroatoms. The van der Waals surface area contributed by atoms with Gasteiger partial charge in [0.05, 0.1) is 30.4 Å². The van der Waals surface area contributed by atoms with E-state index in [9.17, 15) is 23.9 Å². The third kappa shape index (κ3) is 6.91. The second-order valence-corrected chi connectivity index (χ2v) is 10.9. The molecule has 0 radical (unpaired) electrons. The molecule has 4 rings (SSSR count). The fourth-order valence-corrected chi connectivity index (χ4v) is 5.26. The van der Waals surface area contributed by atoms with Crippen LogP contribution in [0.25, 0.3) is 0 Å². The summed E-state index contributed by atoms with van der Waals surface area (Å²) in [6.07, 6.45) is 4.27. The Balaban J connectivity index is 1.61. The van der Waals surface area contributed by atoms with Crippen molar-refractivity contribution in [2.75, 3.05) is 37.4 Å². The molecule has 1 fully saturated rings. The first-order valence-electron chi connectivity index (χ1n) is 14.0. The molecule has 4 amide bonds. The number of carbonyl (C=O) groups is 3. The van der Waals surface area contributed by atoms with Crippen LogP contribution in [0.5, 0.6) is 5.75 Å². The van der Waals surface area contributed by atoms with Gasteiger partial charge in [0.15, 0.2) is 5.75 Å². The predicted octanol–water partition coefficient (Wildman–Crippen LogP) is 4.73. The van der Waals surface area contributed by atoms with Crippen LogP contribution in [0.1, 0.15) is 56.3 Å². The number of nitrogens with one attached hydrogen (secondary N) is 2. The zero-order chi connectivity index (χ0) is 28.8. The highest BCUT2D eigenvalue weighted by atomic mass is 19.1. The third-order valence-electron chi connectivity index (χ3n) is 7.82. The molecule has 0 spiro atoms. The maximum atomic E-state index is 13.7. The lowest BCUT2D eigenvalue weighted by Gasteiger charge is -2.38. The molecule has 3 atom stereocenters. The summed E-state index contributed by atoms with van der Waals surface area (Å²) in [5.41, 5.74) is 1.16. The number of para-hydroxylation sites is 1. The van der Waals surface area contributed by atoms with Crippen LogP contribution < -0.4 is 15.4 Å². The summed E-state index contributed by atoms with van der Waals surface area (Å²) in [6.45, 7) is 3.97. The van der Waals surface area contributed by atoms with Gasteiger partial charge >= 0.3 is 6.03 Å². The summed E-state index contributed by atoms with van der Waals surface area (Å²) in [5.74, 6) is -0.838. The average molecular weight is 555 g/mol. The molecule has 1 aliphatic heterocycles. The van der Waals surface area contributed by atoms with Crippen molar-refractivity contribution in [3.05, 3.63) is 53.8 Å². The summed E-state index contributed by atoms with van der Waals surface area (Å²) < 4.78 is 19.8. The van der Waals surface area contributed by atoms with E-state index in [0.29, 0.717) is 17.9 Å². The Morgan fingerprint density at radius 1 is 1.12 bits per heavy atom. The molecule has 216 valence electrons. The summed E-state index contributed by atoms with van der Waals surface area (Å²) >= 11 is 0. The zero-order valence-electron chi connectivity index (χ0n) is 23.4. The highest BCUT2D eigenvalue weighted by molar-refractivity contribution is 6.02. The zero-order valence-corrected chi connectivity index (χ0v) is 23.4. The second kappa shape index (κ2) is 13.1. The van der Waals surface area contributed by atoms with Crippen LogP contribution in [-0.4, -0.2) is 71.6 Å². The van der Waals surface area contributed by atoms with Crippen LogP contribution in [0.4, 0.5) is 20.6 Å². The summed E-state index contributed by atoms with van der Waals surface area (Å²) in [7, 11) is 1.63. The van der Waals surface area contributed by atoms with E-state index in [1.165, 1.54) is 29.2 Å². The Bertz CT molecular complexity index is 1200. The number of urea groups is 1. The number of hydrogen-bond donors (Lipinski definition) is 3. The standard InChI is InChI=1S/C30H39FN4O5/c1-19-16-35(20(2)18-36)29(38)24-10-7-11-25(33-28(37)21-8-5-4-6-9-21)27(24)40-26(19)17-34(3)30(39)32-23-14-12-22(31)13-15-23/h7,10-15,19-21,26,36H,4-6,8-9,16-18H2,1-3H3,(H,32,39)(H,33,37)/t19-,20-,26+/m1/s1. The Labute approximate surface area is 234 Å². The molecule has 9 nitrogen and oxygen atoms in total. The molecule has 2 aliphatic rings. The maximum Gasteiger partial charge on any atom is 0.321 e. The minimum Gasteiger partial charge on any atom is -0.485 e. The molecule has 0 saturated heterocycles. The Morgan fingerprint density at radius 2 is 1.82 bits per heavy atom. The number of fused-ring (bicyclic) bond motifs is 1. The number of halogens is 1. The number of rotatable bonds is 7. The van der Waals surface area contributed by atoms with E-state index < -0.39 is 24.0 Å². The van der Waals surface area contributed by atoms with Gasteiger partial charge in [-0.15, -0.1) is 0 Å². The smallest absolute Gasteiger partial charge is 0.321 e. The fraction of sp³-hybridized carbons (Fsp3) is 0.500.